The number of nitrogens with two attached hydrogens (primary N) is 1. The molecule has 3 N–H and O–H groups in total. The molecule has 0 saturated carbocycles. The van der Waals surface area contributed by atoms with Crippen LogP contribution in [0.25, 0.3) is 0 Å². The first-order valence-corrected chi connectivity index (χ1v) is 7.34. The van der Waals surface area contributed by atoms with Crippen molar-refractivity contribution in [2.45, 2.75) is 18.9 Å². The summed E-state index contributed by atoms with van der Waals surface area (Å²) in [5.74, 6) is 0.683. The third-order valence-corrected chi connectivity index (χ3v) is 3.79. The predicted octanol–water partition coefficient (Wildman–Crippen LogP) is 2.55. The van der Waals surface area contributed by atoms with E-state index in [4.69, 9.17) is 22.1 Å². The lowest BCUT2D eigenvalue weighted by Gasteiger charge is -2.19. The third-order valence-electron chi connectivity index (χ3n) is 3.50. The lowest BCUT2D eigenvalue weighted by Crippen LogP contribution is -2.16. The van der Waals surface area contributed by atoms with Crippen molar-refractivity contribution in [3.63, 3.8) is 0 Å². The van der Waals surface area contributed by atoms with Crippen LogP contribution in [-0.4, -0.2) is 22.7 Å². The number of benzene rings is 1. The highest BCUT2D eigenvalue weighted by Gasteiger charge is 2.22. The van der Waals surface area contributed by atoms with Crippen LogP contribution < -0.4 is 15.8 Å². The summed E-state index contributed by atoms with van der Waals surface area (Å²) in [4.78, 5) is 11.0. The van der Waals surface area contributed by atoms with E-state index in [0.29, 0.717) is 23.2 Å². The molecule has 1 unspecified atom stereocenters. The molecule has 3 rings (SSSR count). The Labute approximate surface area is 132 Å². The standard InChI is InChI=1S/C15H15ClN4O2/c16-10-4-1-3-9-11(5-2-8-22-14(9)10)18-13-7-6-12(15(17)21)19-20-13/h1,3-4,6-7,11H,2,5,8H2,(H2,17,21)(H,18,20). The first-order valence-electron chi connectivity index (χ1n) is 6.96. The van der Waals surface area contributed by atoms with E-state index >= 15 is 0 Å². The predicted molar refractivity (Wildman–Crippen MR) is 83.1 cm³/mol. The highest BCUT2D eigenvalue weighted by molar-refractivity contribution is 6.32. The molecule has 1 aromatic carbocycles. The van der Waals surface area contributed by atoms with Gasteiger partial charge in [-0.3, -0.25) is 4.79 Å². The van der Waals surface area contributed by atoms with Gasteiger partial charge < -0.3 is 15.8 Å². The maximum Gasteiger partial charge on any atom is 0.269 e. The number of ether oxygens (including phenoxy) is 1. The van der Waals surface area contributed by atoms with Crippen LogP contribution in [0.2, 0.25) is 5.02 Å². The summed E-state index contributed by atoms with van der Waals surface area (Å²) >= 11 is 6.21. The second kappa shape index (κ2) is 6.19. The van der Waals surface area contributed by atoms with E-state index in [1.165, 1.54) is 0 Å². The van der Waals surface area contributed by atoms with Crippen LogP contribution in [-0.2, 0) is 0 Å². The van der Waals surface area contributed by atoms with Crippen LogP contribution in [0.1, 0.15) is 34.9 Å². The number of anilines is 1. The average molecular weight is 319 g/mol. The number of nitrogens with one attached hydrogen (secondary N) is 1. The molecule has 0 saturated heterocycles. The van der Waals surface area contributed by atoms with Crippen LogP contribution in [0, 0.1) is 0 Å². The van der Waals surface area contributed by atoms with E-state index in [9.17, 15) is 4.79 Å². The second-order valence-corrected chi connectivity index (χ2v) is 5.42. The van der Waals surface area contributed by atoms with Crippen LogP contribution in [0.4, 0.5) is 5.82 Å². The van der Waals surface area contributed by atoms with Gasteiger partial charge in [-0.05, 0) is 31.0 Å². The number of hydrogen-bond acceptors (Lipinski definition) is 5. The van der Waals surface area contributed by atoms with Gasteiger partial charge in [-0.15, -0.1) is 10.2 Å². The third kappa shape index (κ3) is 2.96. The van der Waals surface area contributed by atoms with Crippen LogP contribution in [0.15, 0.2) is 30.3 Å². The molecule has 1 atom stereocenters. The summed E-state index contributed by atoms with van der Waals surface area (Å²) in [7, 11) is 0. The largest absolute Gasteiger partial charge is 0.492 e. The summed E-state index contributed by atoms with van der Waals surface area (Å²) in [6.45, 7) is 0.626. The molecule has 2 heterocycles. The molecule has 0 radical (unpaired) electrons. The van der Waals surface area contributed by atoms with E-state index in [1.807, 2.05) is 18.2 Å². The molecule has 7 heteroatoms. The van der Waals surface area contributed by atoms with Crippen molar-refractivity contribution < 1.29 is 9.53 Å². The summed E-state index contributed by atoms with van der Waals surface area (Å²) in [5, 5.41) is 11.7. The zero-order valence-electron chi connectivity index (χ0n) is 11.8. The molecule has 2 aromatic rings. The molecule has 0 fully saturated rings. The van der Waals surface area contributed by atoms with E-state index in [0.717, 1.165) is 18.4 Å². The lowest BCUT2D eigenvalue weighted by molar-refractivity contribution is 0.0994. The number of carbonyl (C=O) groups excluding carboxylic acids is 1. The number of para-hydroxylation sites is 1. The van der Waals surface area contributed by atoms with Gasteiger partial charge in [0.2, 0.25) is 0 Å². The molecule has 22 heavy (non-hydrogen) atoms. The second-order valence-electron chi connectivity index (χ2n) is 5.01. The van der Waals surface area contributed by atoms with Gasteiger partial charge in [0.15, 0.2) is 5.69 Å². The Morgan fingerprint density at radius 2 is 2.18 bits per heavy atom. The maximum atomic E-state index is 11.0. The van der Waals surface area contributed by atoms with Crippen molar-refractivity contribution in [1.29, 1.82) is 0 Å². The van der Waals surface area contributed by atoms with Crippen molar-refractivity contribution >= 4 is 23.3 Å². The number of carbonyl (C=O) groups is 1. The number of amides is 1. The number of aromatic nitrogens is 2. The Bertz CT molecular complexity index is 690. The first-order chi connectivity index (χ1) is 10.6. The van der Waals surface area contributed by atoms with Crippen molar-refractivity contribution in [1.82, 2.24) is 10.2 Å². The summed E-state index contributed by atoms with van der Waals surface area (Å²) < 4.78 is 5.73. The van der Waals surface area contributed by atoms with Crippen LogP contribution in [0.3, 0.4) is 0 Å². The minimum atomic E-state index is -0.598. The molecular formula is C15H15ClN4O2. The Morgan fingerprint density at radius 1 is 1.32 bits per heavy atom. The van der Waals surface area contributed by atoms with Crippen molar-refractivity contribution in [3.05, 3.63) is 46.6 Å². The SMILES string of the molecule is NC(=O)c1ccc(NC2CCCOc3c(Cl)cccc32)nn1. The molecule has 0 bridgehead atoms. The van der Waals surface area contributed by atoms with Gasteiger partial charge in [0, 0.05) is 5.56 Å². The summed E-state index contributed by atoms with van der Waals surface area (Å²) in [6, 6.07) is 8.93. The first kappa shape index (κ1) is 14.6. The number of nitrogens with zero attached hydrogens (tertiary/aromatic N) is 2. The smallest absolute Gasteiger partial charge is 0.269 e. The Morgan fingerprint density at radius 3 is 2.91 bits per heavy atom. The van der Waals surface area contributed by atoms with Gasteiger partial charge in [0.25, 0.3) is 5.91 Å². The number of fused-ring (bicyclic) bond motifs is 1. The maximum absolute atomic E-state index is 11.0. The van der Waals surface area contributed by atoms with Gasteiger partial charge >= 0.3 is 0 Å². The fraction of sp³-hybridized carbons (Fsp3) is 0.267. The summed E-state index contributed by atoms with van der Waals surface area (Å²) in [5.41, 5.74) is 6.28. The molecule has 6 nitrogen and oxygen atoms in total. The van der Waals surface area contributed by atoms with Gasteiger partial charge in [0.1, 0.15) is 11.6 Å². The van der Waals surface area contributed by atoms with Gasteiger partial charge in [0.05, 0.1) is 17.7 Å². The van der Waals surface area contributed by atoms with E-state index < -0.39 is 5.91 Å². The number of hydrogen-bond donors (Lipinski definition) is 2. The number of rotatable bonds is 3. The molecular weight excluding hydrogens is 304 g/mol. The number of primary amides is 1. The zero-order valence-corrected chi connectivity index (χ0v) is 12.5. The van der Waals surface area contributed by atoms with Crippen molar-refractivity contribution in [3.8, 4) is 5.75 Å². The zero-order chi connectivity index (χ0) is 15.5. The van der Waals surface area contributed by atoms with Crippen LogP contribution in [0.5, 0.6) is 5.75 Å². The highest BCUT2D eigenvalue weighted by Crippen LogP contribution is 2.38. The quantitative estimate of drug-likeness (QED) is 0.907. The van der Waals surface area contributed by atoms with E-state index in [-0.39, 0.29) is 11.7 Å². The Hall–Kier alpha value is -2.34. The topological polar surface area (TPSA) is 90.1 Å². The lowest BCUT2D eigenvalue weighted by atomic mass is 10.0. The minimum Gasteiger partial charge on any atom is -0.492 e. The van der Waals surface area contributed by atoms with E-state index in [2.05, 4.69) is 15.5 Å². The normalized spacial score (nSPS) is 17.0. The van der Waals surface area contributed by atoms with E-state index in [1.54, 1.807) is 12.1 Å². The molecule has 0 spiro atoms. The summed E-state index contributed by atoms with van der Waals surface area (Å²) in [6.07, 6.45) is 1.78. The van der Waals surface area contributed by atoms with Gasteiger partial charge in [-0.1, -0.05) is 23.7 Å². The molecule has 114 valence electrons. The van der Waals surface area contributed by atoms with Crippen LogP contribution >= 0.6 is 11.6 Å². The molecule has 1 amide bonds. The Kier molecular flexibility index (Phi) is 4.11. The van der Waals surface area contributed by atoms with Gasteiger partial charge in [-0.2, -0.15) is 0 Å². The Balaban J connectivity index is 1.86. The minimum absolute atomic E-state index is 0.0185. The van der Waals surface area contributed by atoms with Gasteiger partial charge in [-0.25, -0.2) is 0 Å². The molecule has 1 aromatic heterocycles. The number of halogens is 1. The highest BCUT2D eigenvalue weighted by atomic mass is 35.5. The molecule has 1 aliphatic heterocycles. The average Bonchev–Trinajstić information content (AvgIpc) is 2.72. The van der Waals surface area contributed by atoms with Crippen molar-refractivity contribution in [2.75, 3.05) is 11.9 Å². The molecule has 0 aliphatic carbocycles. The fourth-order valence-corrected chi connectivity index (χ4v) is 2.67. The fourth-order valence-electron chi connectivity index (χ4n) is 2.44. The monoisotopic (exact) mass is 318 g/mol. The van der Waals surface area contributed by atoms with Crippen molar-refractivity contribution in [2.24, 2.45) is 5.73 Å². The molecule has 1 aliphatic rings.